The van der Waals surface area contributed by atoms with Gasteiger partial charge < -0.3 is 5.32 Å². The molecule has 9 heteroatoms. The number of amidine groups is 1. The van der Waals surface area contributed by atoms with Crippen LogP contribution >= 0.6 is 11.8 Å². The number of carbonyl (C=O) groups excluding carboxylic acids is 2. The van der Waals surface area contributed by atoms with E-state index in [9.17, 15) is 18.0 Å². The van der Waals surface area contributed by atoms with E-state index in [2.05, 4.69) is 24.2 Å². The van der Waals surface area contributed by atoms with E-state index in [0.717, 1.165) is 22.9 Å². The molecule has 0 aromatic heterocycles. The van der Waals surface area contributed by atoms with Gasteiger partial charge in [0.05, 0.1) is 22.9 Å². The van der Waals surface area contributed by atoms with E-state index in [1.807, 2.05) is 55.5 Å². The summed E-state index contributed by atoms with van der Waals surface area (Å²) < 4.78 is 23.3. The minimum absolute atomic E-state index is 0.0270. The summed E-state index contributed by atoms with van der Waals surface area (Å²) in [4.78, 5) is 31.9. The fourth-order valence-corrected chi connectivity index (χ4v) is 6.46. The number of aliphatic imine (C=N–C) groups is 1. The Morgan fingerprint density at radius 1 is 1.17 bits per heavy atom. The molecule has 0 saturated carbocycles. The molecule has 184 valence electrons. The Hall–Kier alpha value is -2.91. The van der Waals surface area contributed by atoms with Gasteiger partial charge in [0.1, 0.15) is 5.70 Å². The van der Waals surface area contributed by atoms with Crippen molar-refractivity contribution in [1.82, 2.24) is 5.32 Å². The van der Waals surface area contributed by atoms with Crippen molar-refractivity contribution in [2.45, 2.75) is 39.2 Å². The second-order valence-electron chi connectivity index (χ2n) is 9.18. The number of nitrogens with zero attached hydrogens (tertiary/aromatic N) is 2. The molecule has 4 rings (SSSR count). The predicted octanol–water partition coefficient (Wildman–Crippen LogP) is 3.90. The number of aryl methyl sites for hydroxylation is 1. The Bertz CT molecular complexity index is 1280. The Balaban J connectivity index is 1.53. The van der Waals surface area contributed by atoms with Crippen molar-refractivity contribution in [3.8, 4) is 0 Å². The molecule has 2 aromatic rings. The zero-order valence-corrected chi connectivity index (χ0v) is 21.7. The maximum absolute atomic E-state index is 13.3. The summed E-state index contributed by atoms with van der Waals surface area (Å²) in [7, 11) is -3.08. The maximum atomic E-state index is 13.3. The predicted molar refractivity (Wildman–Crippen MR) is 142 cm³/mol. The number of hydrogen-bond donors (Lipinski definition) is 1. The fraction of sp³-hybridized carbons (Fsp3) is 0.346. The highest BCUT2D eigenvalue weighted by atomic mass is 32.2. The van der Waals surface area contributed by atoms with Crippen LogP contribution in [0, 0.1) is 6.92 Å². The van der Waals surface area contributed by atoms with Crippen molar-refractivity contribution in [3.63, 3.8) is 0 Å². The van der Waals surface area contributed by atoms with E-state index in [1.165, 1.54) is 10.5 Å². The van der Waals surface area contributed by atoms with E-state index in [-0.39, 0.29) is 35.1 Å². The van der Waals surface area contributed by atoms with Crippen molar-refractivity contribution < 1.29 is 18.0 Å². The molecule has 1 N–H and O–H groups in total. The quantitative estimate of drug-likeness (QED) is 0.594. The Morgan fingerprint density at radius 3 is 2.46 bits per heavy atom. The average molecular weight is 512 g/mol. The SMILES string of the molecule is Cc1ccc(N2C(=O)/C(=C/c3ccc(C(C)C)cc3)N=C2SCC(=O)N[C@H]2CCS(=O)(=O)C2)cc1. The largest absolute Gasteiger partial charge is 0.352 e. The van der Waals surface area contributed by atoms with Gasteiger partial charge in [-0.05, 0) is 48.6 Å². The van der Waals surface area contributed by atoms with Crippen LogP contribution in [0.5, 0.6) is 0 Å². The van der Waals surface area contributed by atoms with Gasteiger partial charge in [-0.1, -0.05) is 67.6 Å². The van der Waals surface area contributed by atoms with Crippen molar-refractivity contribution in [1.29, 1.82) is 0 Å². The smallest absolute Gasteiger partial charge is 0.283 e. The number of benzene rings is 2. The maximum Gasteiger partial charge on any atom is 0.283 e. The van der Waals surface area contributed by atoms with E-state index in [0.29, 0.717) is 28.9 Å². The molecule has 1 atom stereocenters. The molecule has 0 spiro atoms. The first-order valence-corrected chi connectivity index (χ1v) is 14.4. The number of rotatable bonds is 6. The van der Waals surface area contributed by atoms with Gasteiger partial charge in [0, 0.05) is 6.04 Å². The molecule has 0 unspecified atom stereocenters. The van der Waals surface area contributed by atoms with Crippen molar-refractivity contribution in [3.05, 3.63) is 70.9 Å². The first-order chi connectivity index (χ1) is 16.6. The molecule has 0 aliphatic carbocycles. The van der Waals surface area contributed by atoms with Gasteiger partial charge in [0.2, 0.25) is 5.91 Å². The Kier molecular flexibility index (Phi) is 7.47. The Morgan fingerprint density at radius 2 is 1.86 bits per heavy atom. The zero-order chi connectivity index (χ0) is 25.2. The van der Waals surface area contributed by atoms with Gasteiger partial charge in [0.15, 0.2) is 15.0 Å². The fourth-order valence-electron chi connectivity index (χ4n) is 3.96. The number of carbonyl (C=O) groups is 2. The molecule has 1 saturated heterocycles. The van der Waals surface area contributed by atoms with Crippen LogP contribution in [0.4, 0.5) is 5.69 Å². The van der Waals surface area contributed by atoms with E-state index in [1.54, 1.807) is 6.08 Å². The second-order valence-corrected chi connectivity index (χ2v) is 12.3. The van der Waals surface area contributed by atoms with E-state index < -0.39 is 9.84 Å². The summed E-state index contributed by atoms with van der Waals surface area (Å²) in [5.74, 6) is -0.0232. The van der Waals surface area contributed by atoms with E-state index in [4.69, 9.17) is 0 Å². The monoisotopic (exact) mass is 511 g/mol. The third-order valence-corrected chi connectivity index (χ3v) is 8.66. The molecular weight excluding hydrogens is 482 g/mol. The van der Waals surface area contributed by atoms with Crippen molar-refractivity contribution in [2.75, 3.05) is 22.2 Å². The van der Waals surface area contributed by atoms with Gasteiger partial charge in [0.25, 0.3) is 5.91 Å². The lowest BCUT2D eigenvalue weighted by molar-refractivity contribution is -0.119. The number of sulfone groups is 1. The summed E-state index contributed by atoms with van der Waals surface area (Å²) in [5, 5.41) is 3.20. The number of amides is 2. The lowest BCUT2D eigenvalue weighted by Crippen LogP contribution is -2.37. The molecule has 2 aliphatic rings. The van der Waals surface area contributed by atoms with Crippen LogP contribution < -0.4 is 10.2 Å². The molecule has 2 aliphatic heterocycles. The van der Waals surface area contributed by atoms with Crippen LogP contribution in [-0.4, -0.2) is 48.7 Å². The topological polar surface area (TPSA) is 95.9 Å². The van der Waals surface area contributed by atoms with Crippen molar-refractivity contribution in [2.24, 2.45) is 4.99 Å². The lowest BCUT2D eigenvalue weighted by atomic mass is 10.0. The molecule has 2 heterocycles. The zero-order valence-electron chi connectivity index (χ0n) is 20.0. The highest BCUT2D eigenvalue weighted by Gasteiger charge is 2.33. The van der Waals surface area contributed by atoms with Gasteiger partial charge in [-0.2, -0.15) is 0 Å². The first kappa shape index (κ1) is 25.2. The average Bonchev–Trinajstić information content (AvgIpc) is 3.31. The highest BCUT2D eigenvalue weighted by molar-refractivity contribution is 8.14. The van der Waals surface area contributed by atoms with Crippen LogP contribution in [-0.2, 0) is 19.4 Å². The Labute approximate surface area is 210 Å². The number of nitrogens with one attached hydrogen (secondary N) is 1. The number of anilines is 1. The van der Waals surface area contributed by atoms with Crippen LogP contribution in [0.25, 0.3) is 6.08 Å². The third kappa shape index (κ3) is 6.21. The van der Waals surface area contributed by atoms with Crippen LogP contribution in [0.3, 0.4) is 0 Å². The van der Waals surface area contributed by atoms with Gasteiger partial charge >= 0.3 is 0 Å². The molecule has 0 radical (unpaired) electrons. The van der Waals surface area contributed by atoms with Crippen LogP contribution in [0.1, 0.15) is 42.9 Å². The molecule has 2 amide bonds. The van der Waals surface area contributed by atoms with Crippen molar-refractivity contribution >= 4 is 50.3 Å². The molecular formula is C26H29N3O4S2. The highest BCUT2D eigenvalue weighted by Crippen LogP contribution is 2.30. The minimum atomic E-state index is -3.08. The van der Waals surface area contributed by atoms with Gasteiger partial charge in [-0.3, -0.25) is 14.5 Å². The summed E-state index contributed by atoms with van der Waals surface area (Å²) in [6.07, 6.45) is 2.18. The first-order valence-electron chi connectivity index (χ1n) is 11.6. The molecule has 7 nitrogen and oxygen atoms in total. The molecule has 35 heavy (non-hydrogen) atoms. The van der Waals surface area contributed by atoms with Gasteiger partial charge in [-0.15, -0.1) is 0 Å². The molecule has 0 bridgehead atoms. The summed E-state index contributed by atoms with van der Waals surface area (Å²) in [5.41, 5.74) is 4.13. The number of hydrogen-bond acceptors (Lipinski definition) is 6. The summed E-state index contributed by atoms with van der Waals surface area (Å²) in [6.45, 7) is 6.23. The normalized spacial score (nSPS) is 20.5. The summed E-state index contributed by atoms with van der Waals surface area (Å²) in [6, 6.07) is 15.2. The second kappa shape index (κ2) is 10.4. The van der Waals surface area contributed by atoms with E-state index >= 15 is 0 Å². The standard InChI is InChI=1S/C26H29N3O4S2/c1-17(2)20-8-6-19(7-9-20)14-23-25(31)29(22-10-4-18(3)5-11-22)26(28-23)34-15-24(30)27-21-12-13-35(32,33)16-21/h4-11,14,17,21H,12-13,15-16H2,1-3H3,(H,27,30)/b23-14-/t21-/m0/s1. The molecule has 1 fully saturated rings. The lowest BCUT2D eigenvalue weighted by Gasteiger charge is -2.18. The number of thioether (sulfide) groups is 1. The molecule has 2 aromatic carbocycles. The third-order valence-electron chi connectivity index (χ3n) is 5.96. The minimum Gasteiger partial charge on any atom is -0.352 e. The van der Waals surface area contributed by atoms with Gasteiger partial charge in [-0.25, -0.2) is 13.4 Å². The van der Waals surface area contributed by atoms with Crippen LogP contribution in [0.2, 0.25) is 0 Å². The summed E-state index contributed by atoms with van der Waals surface area (Å²) >= 11 is 1.16. The van der Waals surface area contributed by atoms with Crippen LogP contribution in [0.15, 0.2) is 59.2 Å².